The van der Waals surface area contributed by atoms with Crippen LogP contribution in [0, 0.1) is 0 Å². The van der Waals surface area contributed by atoms with Crippen LogP contribution >= 0.6 is 0 Å². The molecule has 2 aliphatic rings. The quantitative estimate of drug-likeness (QED) is 0.143. The average Bonchev–Trinajstić information content (AvgIpc) is 3.64. The van der Waals surface area contributed by atoms with Gasteiger partial charge in [-0.1, -0.05) is 51.0 Å². The first-order valence-electron chi connectivity index (χ1n) is 12.5. The van der Waals surface area contributed by atoms with Crippen LogP contribution in [-0.2, 0) is 11.2 Å². The van der Waals surface area contributed by atoms with Crippen molar-refractivity contribution in [2.24, 2.45) is 0 Å². The van der Waals surface area contributed by atoms with Crippen molar-refractivity contribution >= 4 is 5.97 Å². The molecule has 0 spiro atoms. The molecule has 1 aliphatic carbocycles. The third-order valence-electron chi connectivity index (χ3n) is 6.85. The van der Waals surface area contributed by atoms with Crippen LogP contribution < -0.4 is 9.47 Å². The molecule has 4 nitrogen and oxygen atoms in total. The Labute approximate surface area is 201 Å². The highest BCUT2D eigenvalue weighted by atomic mass is 16.6. The van der Waals surface area contributed by atoms with Gasteiger partial charge in [-0.3, -0.25) is 0 Å². The number of aryl methyl sites for hydroxylation is 1. The summed E-state index contributed by atoms with van der Waals surface area (Å²) in [6, 6.07) is 20.1. The highest BCUT2D eigenvalue weighted by molar-refractivity contribution is 5.93. The molecule has 2 atom stereocenters. The van der Waals surface area contributed by atoms with Crippen molar-refractivity contribution in [3.05, 3.63) is 82.9 Å². The van der Waals surface area contributed by atoms with E-state index in [9.17, 15) is 4.79 Å². The van der Waals surface area contributed by atoms with Gasteiger partial charge in [0.2, 0.25) is 0 Å². The van der Waals surface area contributed by atoms with E-state index in [1.165, 1.54) is 41.5 Å². The van der Waals surface area contributed by atoms with Crippen LogP contribution in [0.3, 0.4) is 0 Å². The summed E-state index contributed by atoms with van der Waals surface area (Å²) in [4.78, 5) is 12.9. The van der Waals surface area contributed by atoms with Crippen molar-refractivity contribution in [3.8, 4) is 22.6 Å². The monoisotopic (exact) mass is 456 g/mol. The Kier molecular flexibility index (Phi) is 6.68. The molecule has 1 fully saturated rings. The lowest BCUT2D eigenvalue weighted by Gasteiger charge is -2.10. The Morgan fingerprint density at radius 2 is 1.65 bits per heavy atom. The Hall–Kier alpha value is -3.11. The molecule has 1 aliphatic heterocycles. The number of hydrogen-bond acceptors (Lipinski definition) is 4. The van der Waals surface area contributed by atoms with Gasteiger partial charge < -0.3 is 14.2 Å². The van der Waals surface area contributed by atoms with E-state index in [4.69, 9.17) is 14.2 Å². The number of benzene rings is 3. The zero-order valence-corrected chi connectivity index (χ0v) is 20.0. The largest absolute Gasteiger partial charge is 0.493 e. The molecule has 0 saturated carbocycles. The first-order valence-corrected chi connectivity index (χ1v) is 12.5. The fourth-order valence-corrected chi connectivity index (χ4v) is 4.71. The standard InChI is InChI=1S/C30H32O4/c1-3-4-5-6-21-7-10-23(11-8-21)34-30(31)22-9-13-26-27-14-12-24(32-16-15-25-19-33-25)18-29(27)20(2)28(26)17-22/h7-14,17-18,20,25H,3-6,15-16,19H2,1-2H3. The predicted molar refractivity (Wildman–Crippen MR) is 134 cm³/mol. The fourth-order valence-electron chi connectivity index (χ4n) is 4.71. The van der Waals surface area contributed by atoms with E-state index in [-0.39, 0.29) is 11.9 Å². The topological polar surface area (TPSA) is 48.1 Å². The SMILES string of the molecule is CCCCCc1ccc(OC(=O)c2ccc3c(c2)C(C)c2cc(OCCC4CO4)ccc2-3)cc1. The van der Waals surface area contributed by atoms with Crippen LogP contribution in [0.1, 0.15) is 72.5 Å². The first-order chi connectivity index (χ1) is 16.6. The minimum Gasteiger partial charge on any atom is -0.493 e. The van der Waals surface area contributed by atoms with Crippen LogP contribution in [0.2, 0.25) is 0 Å². The summed E-state index contributed by atoms with van der Waals surface area (Å²) < 4.78 is 16.9. The zero-order valence-electron chi connectivity index (χ0n) is 20.0. The van der Waals surface area contributed by atoms with Crippen molar-refractivity contribution in [1.82, 2.24) is 0 Å². The molecule has 5 rings (SSSR count). The average molecular weight is 457 g/mol. The fraction of sp³-hybridized carbons (Fsp3) is 0.367. The molecule has 0 aromatic heterocycles. The lowest BCUT2D eigenvalue weighted by atomic mass is 9.98. The Balaban J connectivity index is 1.25. The van der Waals surface area contributed by atoms with Gasteiger partial charge in [0, 0.05) is 12.3 Å². The molecule has 1 heterocycles. The molecular weight excluding hydrogens is 424 g/mol. The molecule has 3 aromatic rings. The Morgan fingerprint density at radius 3 is 2.38 bits per heavy atom. The summed E-state index contributed by atoms with van der Waals surface area (Å²) in [7, 11) is 0. The minimum absolute atomic E-state index is 0.190. The van der Waals surface area contributed by atoms with E-state index in [0.29, 0.717) is 24.0 Å². The van der Waals surface area contributed by atoms with Crippen molar-refractivity contribution in [2.45, 2.75) is 58.0 Å². The molecule has 176 valence electrons. The molecule has 0 radical (unpaired) electrons. The van der Waals surface area contributed by atoms with Gasteiger partial charge in [-0.2, -0.15) is 0 Å². The van der Waals surface area contributed by atoms with Crippen LogP contribution in [0.15, 0.2) is 60.7 Å². The van der Waals surface area contributed by atoms with Gasteiger partial charge in [-0.15, -0.1) is 0 Å². The van der Waals surface area contributed by atoms with Gasteiger partial charge in [0.1, 0.15) is 11.5 Å². The molecule has 0 N–H and O–H groups in total. The maximum Gasteiger partial charge on any atom is 0.343 e. The second-order valence-corrected chi connectivity index (χ2v) is 9.36. The summed E-state index contributed by atoms with van der Waals surface area (Å²) in [5.41, 5.74) is 6.62. The predicted octanol–water partition coefficient (Wildman–Crippen LogP) is 6.94. The van der Waals surface area contributed by atoms with E-state index < -0.39 is 0 Å². The van der Waals surface area contributed by atoms with Gasteiger partial charge in [-0.05, 0) is 77.1 Å². The van der Waals surface area contributed by atoms with Crippen molar-refractivity contribution in [3.63, 3.8) is 0 Å². The number of ether oxygens (including phenoxy) is 3. The Morgan fingerprint density at radius 1 is 0.941 bits per heavy atom. The number of carbonyl (C=O) groups is 1. The summed E-state index contributed by atoms with van der Waals surface area (Å²) in [5.74, 6) is 1.34. The van der Waals surface area contributed by atoms with E-state index >= 15 is 0 Å². The lowest BCUT2D eigenvalue weighted by Crippen LogP contribution is -2.09. The third kappa shape index (κ3) is 5.02. The van der Waals surface area contributed by atoms with Gasteiger partial charge in [0.25, 0.3) is 0 Å². The van der Waals surface area contributed by atoms with Crippen molar-refractivity contribution in [2.75, 3.05) is 13.2 Å². The number of hydrogen-bond donors (Lipinski definition) is 0. The summed E-state index contributed by atoms with van der Waals surface area (Å²) >= 11 is 0. The molecule has 3 aromatic carbocycles. The second kappa shape index (κ2) is 10.0. The number of unbranched alkanes of at least 4 members (excludes halogenated alkanes) is 2. The molecule has 0 amide bonds. The molecule has 34 heavy (non-hydrogen) atoms. The molecule has 1 saturated heterocycles. The van der Waals surface area contributed by atoms with Gasteiger partial charge in [0.15, 0.2) is 0 Å². The molecule has 4 heteroatoms. The van der Waals surface area contributed by atoms with Gasteiger partial charge >= 0.3 is 5.97 Å². The minimum atomic E-state index is -0.323. The van der Waals surface area contributed by atoms with Crippen LogP contribution in [0.25, 0.3) is 11.1 Å². The molecule has 0 bridgehead atoms. The lowest BCUT2D eigenvalue weighted by molar-refractivity contribution is 0.0734. The van der Waals surface area contributed by atoms with E-state index in [0.717, 1.165) is 30.8 Å². The molecular formula is C30H32O4. The number of fused-ring (bicyclic) bond motifs is 3. The number of epoxide rings is 1. The number of esters is 1. The van der Waals surface area contributed by atoms with E-state index in [1.807, 2.05) is 36.4 Å². The summed E-state index contributed by atoms with van der Waals surface area (Å²) in [6.07, 6.45) is 6.01. The molecule has 2 unspecified atom stereocenters. The van der Waals surface area contributed by atoms with E-state index in [2.05, 4.69) is 38.1 Å². The smallest absolute Gasteiger partial charge is 0.343 e. The maximum atomic E-state index is 12.9. The van der Waals surface area contributed by atoms with E-state index in [1.54, 1.807) is 0 Å². The Bertz CT molecular complexity index is 1160. The zero-order chi connectivity index (χ0) is 23.5. The van der Waals surface area contributed by atoms with Crippen molar-refractivity contribution in [1.29, 1.82) is 0 Å². The second-order valence-electron chi connectivity index (χ2n) is 9.36. The van der Waals surface area contributed by atoms with Crippen LogP contribution in [0.5, 0.6) is 11.5 Å². The third-order valence-corrected chi connectivity index (χ3v) is 6.85. The van der Waals surface area contributed by atoms with Crippen LogP contribution in [0.4, 0.5) is 0 Å². The normalized spacial score (nSPS) is 17.7. The number of rotatable bonds is 10. The highest BCUT2D eigenvalue weighted by Gasteiger charge is 2.27. The summed E-state index contributed by atoms with van der Waals surface area (Å²) in [6.45, 7) is 5.91. The van der Waals surface area contributed by atoms with Gasteiger partial charge in [0.05, 0.1) is 24.9 Å². The number of carbonyl (C=O) groups excluding carboxylic acids is 1. The maximum absolute atomic E-state index is 12.9. The van der Waals surface area contributed by atoms with Crippen molar-refractivity contribution < 1.29 is 19.0 Å². The highest BCUT2D eigenvalue weighted by Crippen LogP contribution is 2.46. The first kappa shape index (κ1) is 22.7. The van der Waals surface area contributed by atoms with Crippen LogP contribution in [-0.4, -0.2) is 25.3 Å². The summed E-state index contributed by atoms with van der Waals surface area (Å²) in [5, 5.41) is 0. The van der Waals surface area contributed by atoms with Gasteiger partial charge in [-0.25, -0.2) is 4.79 Å².